The summed E-state index contributed by atoms with van der Waals surface area (Å²) in [5.41, 5.74) is -0.510. The molecule has 0 aliphatic rings. The Morgan fingerprint density at radius 3 is 1.62 bits per heavy atom. The largest absolute Gasteiger partial charge is 0.455 e. The van der Waals surface area contributed by atoms with Crippen LogP contribution in [0.3, 0.4) is 0 Å². The van der Waals surface area contributed by atoms with Gasteiger partial charge in [-0.3, -0.25) is 0 Å². The minimum absolute atomic E-state index is 0.0498. The van der Waals surface area contributed by atoms with Gasteiger partial charge in [0.1, 0.15) is 11.5 Å². The minimum atomic E-state index is -5.70. The lowest BCUT2D eigenvalue weighted by molar-refractivity contribution is -0.288. The zero-order valence-electron chi connectivity index (χ0n) is 14.8. The molecule has 29 heavy (non-hydrogen) atoms. The number of para-hydroxylation sites is 3. The molecule has 0 unspecified atom stereocenters. The predicted octanol–water partition coefficient (Wildman–Crippen LogP) is 6.47. The quantitative estimate of drug-likeness (QED) is 0.394. The molecular weight excluding hydrogens is 396 g/mol. The van der Waals surface area contributed by atoms with Crippen LogP contribution in [0.4, 0.5) is 32.0 Å². The van der Waals surface area contributed by atoms with Crippen molar-refractivity contribution < 1.29 is 31.1 Å². The number of nitrogens with two attached hydrogens (primary N) is 1. The molecule has 0 aliphatic heterocycles. The van der Waals surface area contributed by atoms with Crippen LogP contribution in [-0.4, -0.2) is 12.4 Å². The average Bonchev–Trinajstić information content (AvgIpc) is 2.64. The van der Waals surface area contributed by atoms with E-state index in [-0.39, 0.29) is 11.4 Å². The summed E-state index contributed by atoms with van der Waals surface area (Å²) >= 11 is 0. The van der Waals surface area contributed by atoms with Gasteiger partial charge in [-0.15, -0.1) is 0 Å². The Balaban J connectivity index is 2.33. The third-order valence-corrected chi connectivity index (χ3v) is 4.49. The van der Waals surface area contributed by atoms with Crippen LogP contribution in [0.15, 0.2) is 78.9 Å². The van der Waals surface area contributed by atoms with Gasteiger partial charge in [-0.05, 0) is 23.8 Å². The zero-order valence-corrected chi connectivity index (χ0v) is 14.8. The monoisotopic (exact) mass is 411 g/mol. The number of anilines is 1. The van der Waals surface area contributed by atoms with E-state index >= 15 is 0 Å². The lowest BCUT2D eigenvalue weighted by Gasteiger charge is -2.39. The molecule has 8 heteroatoms. The van der Waals surface area contributed by atoms with Gasteiger partial charge < -0.3 is 10.5 Å². The number of alkyl halides is 6. The Morgan fingerprint density at radius 2 is 1.07 bits per heavy atom. The normalized spacial score (nSPS) is 12.6. The van der Waals surface area contributed by atoms with E-state index < -0.39 is 34.6 Å². The van der Waals surface area contributed by atoms with Gasteiger partial charge in [0.15, 0.2) is 0 Å². The van der Waals surface area contributed by atoms with Crippen molar-refractivity contribution in [2.45, 2.75) is 17.8 Å². The van der Waals surface area contributed by atoms with E-state index in [2.05, 4.69) is 0 Å². The number of halogens is 6. The van der Waals surface area contributed by atoms with Crippen LogP contribution in [0, 0.1) is 0 Å². The minimum Gasteiger partial charge on any atom is -0.455 e. The SMILES string of the molecule is Nc1ccccc1Oc1ccccc1C(c1ccccc1)(C(F)(F)F)C(F)(F)F. The average molecular weight is 411 g/mol. The number of hydrogen-bond donors (Lipinski definition) is 1. The zero-order chi connectivity index (χ0) is 21.3. The summed E-state index contributed by atoms with van der Waals surface area (Å²) in [4.78, 5) is 0. The summed E-state index contributed by atoms with van der Waals surface area (Å²) in [6, 6.07) is 15.3. The van der Waals surface area contributed by atoms with Crippen LogP contribution in [-0.2, 0) is 5.41 Å². The first-order valence-electron chi connectivity index (χ1n) is 8.40. The van der Waals surface area contributed by atoms with Gasteiger partial charge in [-0.25, -0.2) is 0 Å². The van der Waals surface area contributed by atoms with Crippen molar-refractivity contribution in [3.05, 3.63) is 90.0 Å². The molecule has 0 aliphatic carbocycles. The first-order chi connectivity index (χ1) is 13.6. The molecule has 0 aromatic heterocycles. The van der Waals surface area contributed by atoms with Crippen molar-refractivity contribution in [1.82, 2.24) is 0 Å². The lowest BCUT2D eigenvalue weighted by atomic mass is 9.72. The third-order valence-electron chi connectivity index (χ3n) is 4.49. The van der Waals surface area contributed by atoms with Crippen LogP contribution in [0.5, 0.6) is 11.5 Å². The van der Waals surface area contributed by atoms with E-state index in [1.54, 1.807) is 6.07 Å². The van der Waals surface area contributed by atoms with Crippen molar-refractivity contribution >= 4 is 5.69 Å². The molecule has 0 saturated heterocycles. The van der Waals surface area contributed by atoms with Gasteiger partial charge in [0.05, 0.1) is 5.69 Å². The van der Waals surface area contributed by atoms with E-state index in [0.717, 1.165) is 42.5 Å². The fourth-order valence-electron chi connectivity index (χ4n) is 3.19. The maximum atomic E-state index is 14.2. The van der Waals surface area contributed by atoms with Crippen molar-refractivity contribution in [2.24, 2.45) is 0 Å². The van der Waals surface area contributed by atoms with Gasteiger partial charge in [-0.1, -0.05) is 60.7 Å². The molecule has 3 rings (SSSR count). The Bertz CT molecular complexity index is 968. The number of ether oxygens (including phenoxy) is 1. The van der Waals surface area contributed by atoms with Crippen molar-refractivity contribution in [3.63, 3.8) is 0 Å². The standard InChI is InChI=1S/C21H15F6NO/c22-20(23,24)19(21(25,26)27,14-8-2-1-3-9-14)15-10-4-6-12-17(15)29-18-13-7-5-11-16(18)28/h1-13H,28H2. The van der Waals surface area contributed by atoms with Gasteiger partial charge in [0.2, 0.25) is 5.41 Å². The summed E-state index contributed by atoms with van der Waals surface area (Å²) < 4.78 is 90.9. The lowest BCUT2D eigenvalue weighted by Crippen LogP contribution is -2.54. The summed E-state index contributed by atoms with van der Waals surface area (Å²) in [5.74, 6) is -0.643. The predicted molar refractivity (Wildman–Crippen MR) is 96.7 cm³/mol. The summed E-state index contributed by atoms with van der Waals surface area (Å²) in [7, 11) is 0. The second-order valence-electron chi connectivity index (χ2n) is 6.25. The molecule has 0 spiro atoms. The Morgan fingerprint density at radius 1 is 0.586 bits per heavy atom. The Kier molecular flexibility index (Phi) is 5.21. The molecule has 0 atom stereocenters. The fourth-order valence-corrected chi connectivity index (χ4v) is 3.19. The van der Waals surface area contributed by atoms with Crippen LogP contribution in [0.1, 0.15) is 11.1 Å². The van der Waals surface area contributed by atoms with Gasteiger partial charge >= 0.3 is 12.4 Å². The third kappa shape index (κ3) is 3.50. The molecule has 2 N–H and O–H groups in total. The molecule has 0 saturated carbocycles. The molecule has 0 radical (unpaired) electrons. The molecular formula is C21H15F6NO. The number of nitrogen functional groups attached to an aromatic ring is 1. The fraction of sp³-hybridized carbons (Fsp3) is 0.143. The van der Waals surface area contributed by atoms with Gasteiger partial charge in [-0.2, -0.15) is 26.3 Å². The summed E-state index contributed by atoms with van der Waals surface area (Å²) in [6.45, 7) is 0. The number of hydrogen-bond acceptors (Lipinski definition) is 2. The Hall–Kier alpha value is -3.16. The highest BCUT2D eigenvalue weighted by Crippen LogP contribution is 2.58. The highest BCUT2D eigenvalue weighted by Gasteiger charge is 2.73. The molecule has 0 fully saturated rings. The molecule has 3 aromatic carbocycles. The number of benzene rings is 3. The van der Waals surface area contributed by atoms with Crippen LogP contribution < -0.4 is 10.5 Å². The molecule has 152 valence electrons. The van der Waals surface area contributed by atoms with E-state index in [1.165, 1.54) is 30.3 Å². The molecule has 3 aromatic rings. The Labute approximate surface area is 162 Å². The van der Waals surface area contributed by atoms with Crippen molar-refractivity contribution in [3.8, 4) is 11.5 Å². The first-order valence-corrected chi connectivity index (χ1v) is 8.40. The van der Waals surface area contributed by atoms with Crippen molar-refractivity contribution in [2.75, 3.05) is 5.73 Å². The summed E-state index contributed by atoms with van der Waals surface area (Å²) in [5, 5.41) is 0. The first kappa shape index (κ1) is 20.6. The van der Waals surface area contributed by atoms with Crippen molar-refractivity contribution in [1.29, 1.82) is 0 Å². The molecule has 2 nitrogen and oxygen atoms in total. The maximum Gasteiger partial charge on any atom is 0.411 e. The summed E-state index contributed by atoms with van der Waals surface area (Å²) in [6.07, 6.45) is -11.4. The van der Waals surface area contributed by atoms with E-state index in [1.807, 2.05) is 0 Å². The van der Waals surface area contributed by atoms with Crippen LogP contribution in [0.25, 0.3) is 0 Å². The maximum absolute atomic E-state index is 14.2. The number of rotatable bonds is 4. The van der Waals surface area contributed by atoms with E-state index in [0.29, 0.717) is 0 Å². The highest BCUT2D eigenvalue weighted by molar-refractivity contribution is 5.57. The highest BCUT2D eigenvalue weighted by atomic mass is 19.4. The molecule has 0 heterocycles. The molecule has 0 amide bonds. The van der Waals surface area contributed by atoms with E-state index in [9.17, 15) is 26.3 Å². The second-order valence-corrected chi connectivity index (χ2v) is 6.25. The van der Waals surface area contributed by atoms with E-state index in [4.69, 9.17) is 10.5 Å². The smallest absolute Gasteiger partial charge is 0.411 e. The van der Waals surface area contributed by atoms with Crippen LogP contribution in [0.2, 0.25) is 0 Å². The van der Waals surface area contributed by atoms with Crippen LogP contribution >= 0.6 is 0 Å². The second kappa shape index (κ2) is 7.35. The molecule has 0 bridgehead atoms. The van der Waals surface area contributed by atoms with Gasteiger partial charge in [0, 0.05) is 5.56 Å². The topological polar surface area (TPSA) is 35.2 Å². The van der Waals surface area contributed by atoms with Gasteiger partial charge in [0.25, 0.3) is 0 Å².